The maximum atomic E-state index is 13.4. The third kappa shape index (κ3) is 2.61. The van der Waals surface area contributed by atoms with Crippen LogP contribution in [-0.4, -0.2) is 37.0 Å². The minimum Gasteiger partial charge on any atom is -0.348 e. The third-order valence-electron chi connectivity index (χ3n) is 2.92. The lowest BCUT2D eigenvalue weighted by Crippen LogP contribution is -2.37. The Bertz CT molecular complexity index is 437. The van der Waals surface area contributed by atoms with Crippen LogP contribution >= 0.6 is 0 Å². The summed E-state index contributed by atoms with van der Waals surface area (Å²) in [6, 6.07) is 3.62. The van der Waals surface area contributed by atoms with Gasteiger partial charge in [0.2, 0.25) is 0 Å². The molecule has 1 fully saturated rings. The van der Waals surface area contributed by atoms with Crippen molar-refractivity contribution in [2.75, 3.05) is 20.1 Å². The van der Waals surface area contributed by atoms with Gasteiger partial charge in [0.1, 0.15) is 0 Å². The van der Waals surface area contributed by atoms with Crippen LogP contribution in [0.2, 0.25) is 0 Å². The molecule has 1 aliphatic rings. The second kappa shape index (κ2) is 4.79. The maximum absolute atomic E-state index is 13.4. The number of nitrogens with zero attached hydrogens (tertiary/aromatic N) is 1. The van der Waals surface area contributed by atoms with E-state index < -0.39 is 17.5 Å². The van der Waals surface area contributed by atoms with Crippen LogP contribution in [-0.2, 0) is 0 Å². The normalized spacial score (nSPS) is 20.5. The van der Waals surface area contributed by atoms with Gasteiger partial charge in [0.05, 0.1) is 5.56 Å². The molecule has 0 aromatic heterocycles. The Balaban J connectivity index is 2.07. The largest absolute Gasteiger partial charge is 0.348 e. The van der Waals surface area contributed by atoms with Crippen LogP contribution in [0.1, 0.15) is 16.8 Å². The molecule has 1 N–H and O–H groups in total. The highest BCUT2D eigenvalue weighted by Crippen LogP contribution is 2.13. The molecule has 0 aliphatic carbocycles. The molecule has 1 aromatic carbocycles. The summed E-state index contributed by atoms with van der Waals surface area (Å²) in [5.41, 5.74) is -0.237. The van der Waals surface area contributed by atoms with Gasteiger partial charge in [-0.25, -0.2) is 8.78 Å². The molecule has 92 valence electrons. The van der Waals surface area contributed by atoms with Gasteiger partial charge in [-0.2, -0.15) is 0 Å². The first-order chi connectivity index (χ1) is 8.08. The van der Waals surface area contributed by atoms with Gasteiger partial charge in [-0.3, -0.25) is 4.79 Å². The summed E-state index contributed by atoms with van der Waals surface area (Å²) in [6.45, 7) is 1.64. The van der Waals surface area contributed by atoms with Crippen LogP contribution < -0.4 is 5.32 Å². The molecule has 0 bridgehead atoms. The quantitative estimate of drug-likeness (QED) is 0.847. The topological polar surface area (TPSA) is 32.3 Å². The van der Waals surface area contributed by atoms with Crippen molar-refractivity contribution in [2.24, 2.45) is 0 Å². The fourth-order valence-electron chi connectivity index (χ4n) is 2.00. The third-order valence-corrected chi connectivity index (χ3v) is 2.92. The van der Waals surface area contributed by atoms with Crippen molar-refractivity contribution in [1.29, 1.82) is 0 Å². The number of carbonyl (C=O) groups excluding carboxylic acids is 1. The summed E-state index contributed by atoms with van der Waals surface area (Å²) in [5, 5.41) is 2.71. The fraction of sp³-hybridized carbons (Fsp3) is 0.417. The van der Waals surface area contributed by atoms with Crippen molar-refractivity contribution in [1.82, 2.24) is 10.2 Å². The Morgan fingerprint density at radius 3 is 2.88 bits per heavy atom. The van der Waals surface area contributed by atoms with Crippen LogP contribution in [0, 0.1) is 11.6 Å². The smallest absolute Gasteiger partial charge is 0.254 e. The lowest BCUT2D eigenvalue weighted by molar-refractivity contribution is 0.0933. The van der Waals surface area contributed by atoms with Gasteiger partial charge >= 0.3 is 0 Å². The van der Waals surface area contributed by atoms with Gasteiger partial charge in [0, 0.05) is 12.6 Å². The number of carbonyl (C=O) groups is 1. The zero-order valence-corrected chi connectivity index (χ0v) is 9.54. The van der Waals surface area contributed by atoms with E-state index in [0.29, 0.717) is 0 Å². The molecule has 17 heavy (non-hydrogen) atoms. The maximum Gasteiger partial charge on any atom is 0.254 e. The molecule has 1 amide bonds. The molecule has 5 heteroatoms. The van der Waals surface area contributed by atoms with E-state index in [9.17, 15) is 13.6 Å². The molecule has 0 spiro atoms. The molecule has 0 radical (unpaired) electrons. The first-order valence-electron chi connectivity index (χ1n) is 5.51. The van der Waals surface area contributed by atoms with Gasteiger partial charge in [0.25, 0.3) is 5.91 Å². The van der Waals surface area contributed by atoms with Crippen molar-refractivity contribution >= 4 is 5.91 Å². The molecule has 3 nitrogen and oxygen atoms in total. The SMILES string of the molecule is CN1CCC(NC(=O)c2cccc(F)c2F)C1. The second-order valence-corrected chi connectivity index (χ2v) is 4.32. The highest BCUT2D eigenvalue weighted by Gasteiger charge is 2.23. The average molecular weight is 240 g/mol. The summed E-state index contributed by atoms with van der Waals surface area (Å²) in [7, 11) is 1.95. The van der Waals surface area contributed by atoms with Crippen LogP contribution in [0.3, 0.4) is 0 Å². The molecule has 1 unspecified atom stereocenters. The van der Waals surface area contributed by atoms with Crippen molar-refractivity contribution in [3.63, 3.8) is 0 Å². The number of likely N-dealkylation sites (tertiary alicyclic amines) is 1. The first kappa shape index (κ1) is 12.0. The highest BCUT2D eigenvalue weighted by molar-refractivity contribution is 5.94. The van der Waals surface area contributed by atoms with Gasteiger partial charge in [-0.05, 0) is 32.1 Å². The van der Waals surface area contributed by atoms with Gasteiger partial charge < -0.3 is 10.2 Å². The predicted molar refractivity (Wildman–Crippen MR) is 59.7 cm³/mol. The van der Waals surface area contributed by atoms with E-state index in [1.165, 1.54) is 12.1 Å². The molecule has 0 saturated carbocycles. The zero-order chi connectivity index (χ0) is 12.4. The first-order valence-corrected chi connectivity index (χ1v) is 5.51. The van der Waals surface area contributed by atoms with Crippen LogP contribution in [0.4, 0.5) is 8.78 Å². The van der Waals surface area contributed by atoms with Crippen molar-refractivity contribution < 1.29 is 13.6 Å². The Labute approximate surface area is 98.4 Å². The Morgan fingerprint density at radius 1 is 1.47 bits per heavy atom. The van der Waals surface area contributed by atoms with Crippen molar-refractivity contribution in [3.8, 4) is 0 Å². The molecule has 1 aromatic rings. The number of amides is 1. The number of rotatable bonds is 2. The Kier molecular flexibility index (Phi) is 3.38. The summed E-state index contributed by atoms with van der Waals surface area (Å²) in [5.74, 6) is -2.64. The number of likely N-dealkylation sites (N-methyl/N-ethyl adjacent to an activating group) is 1. The summed E-state index contributed by atoms with van der Waals surface area (Å²) >= 11 is 0. The van der Waals surface area contributed by atoms with E-state index in [1.54, 1.807) is 0 Å². The van der Waals surface area contributed by atoms with E-state index in [2.05, 4.69) is 10.2 Å². The van der Waals surface area contributed by atoms with E-state index >= 15 is 0 Å². The van der Waals surface area contributed by atoms with Crippen molar-refractivity contribution in [2.45, 2.75) is 12.5 Å². The zero-order valence-electron chi connectivity index (χ0n) is 9.54. The van der Waals surface area contributed by atoms with Gasteiger partial charge in [-0.1, -0.05) is 6.07 Å². The van der Waals surface area contributed by atoms with E-state index in [0.717, 1.165) is 25.6 Å². The molecule has 1 heterocycles. The predicted octanol–water partition coefficient (Wildman–Crippen LogP) is 1.40. The van der Waals surface area contributed by atoms with E-state index in [1.807, 2.05) is 7.05 Å². The monoisotopic (exact) mass is 240 g/mol. The van der Waals surface area contributed by atoms with E-state index in [4.69, 9.17) is 0 Å². The molecule has 2 rings (SSSR count). The van der Waals surface area contributed by atoms with Crippen molar-refractivity contribution in [3.05, 3.63) is 35.4 Å². The minimum atomic E-state index is -1.09. The lowest BCUT2D eigenvalue weighted by atomic mass is 10.1. The number of hydrogen-bond acceptors (Lipinski definition) is 2. The van der Waals surface area contributed by atoms with Crippen LogP contribution in [0.5, 0.6) is 0 Å². The molecule has 1 atom stereocenters. The second-order valence-electron chi connectivity index (χ2n) is 4.32. The fourth-order valence-corrected chi connectivity index (χ4v) is 2.00. The summed E-state index contributed by atoms with van der Waals surface area (Å²) in [6.07, 6.45) is 0.833. The molecular weight excluding hydrogens is 226 g/mol. The van der Waals surface area contributed by atoms with Crippen LogP contribution in [0.25, 0.3) is 0 Å². The standard InChI is InChI=1S/C12H14F2N2O/c1-16-6-5-8(7-16)15-12(17)9-3-2-4-10(13)11(9)14/h2-4,8H,5-7H2,1H3,(H,15,17). The van der Waals surface area contributed by atoms with Crippen LogP contribution in [0.15, 0.2) is 18.2 Å². The number of benzene rings is 1. The number of halogens is 2. The minimum absolute atomic E-state index is 0.00941. The number of hydrogen-bond donors (Lipinski definition) is 1. The molecule has 1 saturated heterocycles. The average Bonchev–Trinajstić information content (AvgIpc) is 2.68. The molecule has 1 aliphatic heterocycles. The van der Waals surface area contributed by atoms with Gasteiger partial charge in [-0.15, -0.1) is 0 Å². The van der Waals surface area contributed by atoms with E-state index in [-0.39, 0.29) is 11.6 Å². The Morgan fingerprint density at radius 2 is 2.24 bits per heavy atom. The highest BCUT2D eigenvalue weighted by atomic mass is 19.2. The Hall–Kier alpha value is -1.49. The summed E-state index contributed by atoms with van der Waals surface area (Å²) < 4.78 is 26.3. The number of nitrogens with one attached hydrogen (secondary N) is 1. The lowest BCUT2D eigenvalue weighted by Gasteiger charge is -2.13. The summed E-state index contributed by atoms with van der Waals surface area (Å²) in [4.78, 5) is 13.8. The van der Waals surface area contributed by atoms with Gasteiger partial charge in [0.15, 0.2) is 11.6 Å². The molecular formula is C12H14F2N2O.